The summed E-state index contributed by atoms with van der Waals surface area (Å²) < 4.78 is 0. The van der Waals surface area contributed by atoms with Crippen molar-refractivity contribution in [2.45, 2.75) is 47.1 Å². The van der Waals surface area contributed by atoms with E-state index in [1.807, 2.05) is 0 Å². The monoisotopic (exact) mass is 205 g/mol. The summed E-state index contributed by atoms with van der Waals surface area (Å²) in [5.74, 6) is 0. The van der Waals surface area contributed by atoms with Crippen LogP contribution in [-0.2, 0) is 0 Å². The maximum atomic E-state index is 6.20. The molecule has 0 radical (unpaired) electrons. The number of benzene rings is 1. The maximum absolute atomic E-state index is 6.20. The van der Waals surface area contributed by atoms with E-state index >= 15 is 0 Å². The normalized spacial score (nSPS) is 14.0. The first kappa shape index (κ1) is 12.3. The van der Waals surface area contributed by atoms with Gasteiger partial charge in [0.2, 0.25) is 0 Å². The first-order chi connectivity index (χ1) is 6.79. The lowest BCUT2D eigenvalue weighted by molar-refractivity contribution is 0.343. The molecule has 0 aliphatic rings. The molecule has 0 aliphatic heterocycles. The first-order valence-electron chi connectivity index (χ1n) is 5.62. The highest BCUT2D eigenvalue weighted by molar-refractivity contribution is 5.31. The van der Waals surface area contributed by atoms with Gasteiger partial charge in [-0.05, 0) is 42.4 Å². The van der Waals surface area contributed by atoms with Crippen LogP contribution in [0.15, 0.2) is 18.2 Å². The van der Waals surface area contributed by atoms with Crippen LogP contribution in [0, 0.1) is 19.3 Å². The molecule has 1 unspecified atom stereocenters. The van der Waals surface area contributed by atoms with Gasteiger partial charge in [0.1, 0.15) is 0 Å². The van der Waals surface area contributed by atoms with Crippen LogP contribution in [0.5, 0.6) is 0 Å². The highest BCUT2D eigenvalue weighted by atomic mass is 14.6. The second-order valence-electron chi connectivity index (χ2n) is 5.71. The van der Waals surface area contributed by atoms with Crippen LogP contribution < -0.4 is 5.73 Å². The number of nitrogens with two attached hydrogens (primary N) is 1. The topological polar surface area (TPSA) is 26.0 Å². The van der Waals surface area contributed by atoms with E-state index in [0.29, 0.717) is 0 Å². The Labute approximate surface area is 93.7 Å². The van der Waals surface area contributed by atoms with Crippen LogP contribution in [0.2, 0.25) is 0 Å². The first-order valence-corrected chi connectivity index (χ1v) is 5.62. The van der Waals surface area contributed by atoms with E-state index in [1.165, 1.54) is 16.7 Å². The van der Waals surface area contributed by atoms with Gasteiger partial charge >= 0.3 is 0 Å². The lowest BCUT2D eigenvalue weighted by atomic mass is 9.85. The molecule has 1 aromatic rings. The van der Waals surface area contributed by atoms with E-state index in [0.717, 1.165) is 6.42 Å². The molecule has 0 spiro atoms. The molecule has 1 atom stereocenters. The fourth-order valence-corrected chi connectivity index (χ4v) is 1.77. The Bertz CT molecular complexity index is 334. The predicted molar refractivity (Wildman–Crippen MR) is 66.9 cm³/mol. The van der Waals surface area contributed by atoms with E-state index in [4.69, 9.17) is 5.73 Å². The Morgan fingerprint density at radius 1 is 1.13 bits per heavy atom. The van der Waals surface area contributed by atoms with Gasteiger partial charge in [0.15, 0.2) is 0 Å². The van der Waals surface area contributed by atoms with Crippen molar-refractivity contribution >= 4 is 0 Å². The van der Waals surface area contributed by atoms with E-state index < -0.39 is 0 Å². The summed E-state index contributed by atoms with van der Waals surface area (Å²) >= 11 is 0. The zero-order valence-electron chi connectivity index (χ0n) is 10.6. The molecule has 0 fully saturated rings. The zero-order valence-corrected chi connectivity index (χ0v) is 10.6. The Balaban J connectivity index is 2.83. The quantitative estimate of drug-likeness (QED) is 0.782. The molecule has 2 N–H and O–H groups in total. The van der Waals surface area contributed by atoms with Gasteiger partial charge in [-0.3, -0.25) is 0 Å². The van der Waals surface area contributed by atoms with Crippen LogP contribution >= 0.6 is 0 Å². The fourth-order valence-electron chi connectivity index (χ4n) is 1.77. The smallest absolute Gasteiger partial charge is 0.0299 e. The Morgan fingerprint density at radius 2 is 1.73 bits per heavy atom. The minimum Gasteiger partial charge on any atom is -0.324 e. The zero-order chi connectivity index (χ0) is 11.6. The second-order valence-corrected chi connectivity index (χ2v) is 5.71. The molecule has 1 heteroatoms. The molecule has 1 rings (SSSR count). The molecule has 0 heterocycles. The van der Waals surface area contributed by atoms with Gasteiger partial charge in [0.25, 0.3) is 0 Å². The summed E-state index contributed by atoms with van der Waals surface area (Å²) in [4.78, 5) is 0. The molecule has 15 heavy (non-hydrogen) atoms. The van der Waals surface area contributed by atoms with Crippen molar-refractivity contribution in [3.8, 4) is 0 Å². The van der Waals surface area contributed by atoms with Crippen molar-refractivity contribution in [1.29, 1.82) is 0 Å². The summed E-state index contributed by atoms with van der Waals surface area (Å²) in [6.45, 7) is 11.0. The predicted octanol–water partition coefficient (Wildman–Crippen LogP) is 3.74. The molecule has 0 amide bonds. The van der Waals surface area contributed by atoms with Crippen molar-refractivity contribution in [3.05, 3.63) is 34.9 Å². The Hall–Kier alpha value is -0.820. The Morgan fingerprint density at radius 3 is 2.20 bits per heavy atom. The number of hydrogen-bond acceptors (Lipinski definition) is 1. The summed E-state index contributed by atoms with van der Waals surface area (Å²) in [7, 11) is 0. The average molecular weight is 205 g/mol. The third-order valence-electron chi connectivity index (χ3n) is 2.79. The maximum Gasteiger partial charge on any atom is 0.0299 e. The molecule has 1 nitrogen and oxygen atoms in total. The van der Waals surface area contributed by atoms with Crippen molar-refractivity contribution in [2.75, 3.05) is 0 Å². The highest BCUT2D eigenvalue weighted by Gasteiger charge is 2.17. The Kier molecular flexibility index (Phi) is 3.56. The van der Waals surface area contributed by atoms with Gasteiger partial charge in [-0.15, -0.1) is 0 Å². The standard InChI is InChI=1S/C14H23N/c1-10-6-7-12(8-11(10)2)13(15)9-14(3,4)5/h6-8,13H,9,15H2,1-5H3. The van der Waals surface area contributed by atoms with Gasteiger partial charge in [-0.1, -0.05) is 39.0 Å². The van der Waals surface area contributed by atoms with Crippen LogP contribution in [0.4, 0.5) is 0 Å². The van der Waals surface area contributed by atoms with Crippen molar-refractivity contribution < 1.29 is 0 Å². The van der Waals surface area contributed by atoms with E-state index in [1.54, 1.807) is 0 Å². The number of rotatable bonds is 2. The van der Waals surface area contributed by atoms with Crippen molar-refractivity contribution in [2.24, 2.45) is 11.1 Å². The van der Waals surface area contributed by atoms with Crippen molar-refractivity contribution in [1.82, 2.24) is 0 Å². The van der Waals surface area contributed by atoms with Crippen LogP contribution in [-0.4, -0.2) is 0 Å². The number of aryl methyl sites for hydroxylation is 2. The van der Waals surface area contributed by atoms with Crippen molar-refractivity contribution in [3.63, 3.8) is 0 Å². The average Bonchev–Trinajstić information content (AvgIpc) is 2.06. The summed E-state index contributed by atoms with van der Waals surface area (Å²) in [6.07, 6.45) is 1.02. The third kappa shape index (κ3) is 3.67. The molecule has 1 aromatic carbocycles. The second kappa shape index (κ2) is 4.36. The van der Waals surface area contributed by atoms with Crippen LogP contribution in [0.1, 0.15) is 49.9 Å². The minimum atomic E-state index is 0.157. The largest absolute Gasteiger partial charge is 0.324 e. The minimum absolute atomic E-state index is 0.157. The van der Waals surface area contributed by atoms with Gasteiger partial charge in [-0.2, -0.15) is 0 Å². The number of hydrogen-bond donors (Lipinski definition) is 1. The fraction of sp³-hybridized carbons (Fsp3) is 0.571. The summed E-state index contributed by atoms with van der Waals surface area (Å²) in [5.41, 5.74) is 10.4. The molecular weight excluding hydrogens is 182 g/mol. The van der Waals surface area contributed by atoms with Crippen LogP contribution in [0.3, 0.4) is 0 Å². The van der Waals surface area contributed by atoms with Gasteiger partial charge in [-0.25, -0.2) is 0 Å². The van der Waals surface area contributed by atoms with E-state index in [2.05, 4.69) is 52.8 Å². The van der Waals surface area contributed by atoms with Gasteiger partial charge in [0, 0.05) is 6.04 Å². The SMILES string of the molecule is Cc1ccc(C(N)CC(C)(C)C)cc1C. The molecule has 0 aliphatic carbocycles. The molecular formula is C14H23N. The lowest BCUT2D eigenvalue weighted by Crippen LogP contribution is -2.18. The van der Waals surface area contributed by atoms with Gasteiger partial charge in [0.05, 0.1) is 0 Å². The van der Waals surface area contributed by atoms with E-state index in [-0.39, 0.29) is 11.5 Å². The van der Waals surface area contributed by atoms with Crippen LogP contribution in [0.25, 0.3) is 0 Å². The van der Waals surface area contributed by atoms with Gasteiger partial charge < -0.3 is 5.73 Å². The molecule has 0 saturated carbocycles. The molecule has 0 bridgehead atoms. The lowest BCUT2D eigenvalue weighted by Gasteiger charge is -2.23. The summed E-state index contributed by atoms with van der Waals surface area (Å²) in [6, 6.07) is 6.68. The highest BCUT2D eigenvalue weighted by Crippen LogP contribution is 2.28. The van der Waals surface area contributed by atoms with E-state index in [9.17, 15) is 0 Å². The molecule has 0 aromatic heterocycles. The summed E-state index contributed by atoms with van der Waals surface area (Å²) in [5, 5.41) is 0. The molecule has 84 valence electrons. The third-order valence-corrected chi connectivity index (χ3v) is 2.79. The molecule has 0 saturated heterocycles.